The fourth-order valence-corrected chi connectivity index (χ4v) is 3.24. The summed E-state index contributed by atoms with van der Waals surface area (Å²) in [6, 6.07) is 16.6. The van der Waals surface area contributed by atoms with Crippen molar-refractivity contribution in [2.24, 2.45) is 0 Å². The van der Waals surface area contributed by atoms with Crippen molar-refractivity contribution in [3.63, 3.8) is 0 Å². The second-order valence-electron chi connectivity index (χ2n) is 7.45. The quantitative estimate of drug-likeness (QED) is 0.342. The first-order chi connectivity index (χ1) is 14.6. The minimum Gasteiger partial charge on any atom is -0.494 e. The predicted octanol–water partition coefficient (Wildman–Crippen LogP) is 5.35. The van der Waals surface area contributed by atoms with Gasteiger partial charge in [0.1, 0.15) is 5.75 Å². The van der Waals surface area contributed by atoms with E-state index in [1.807, 2.05) is 36.4 Å². The molecule has 3 rings (SSSR count). The van der Waals surface area contributed by atoms with E-state index in [-0.39, 0.29) is 5.97 Å². The van der Waals surface area contributed by atoms with Crippen molar-refractivity contribution >= 4 is 23.0 Å². The molecule has 1 N–H and O–H groups in total. The molecule has 1 atom stereocenters. The lowest BCUT2D eigenvalue weighted by atomic mass is 10.2. The van der Waals surface area contributed by atoms with E-state index in [2.05, 4.69) is 40.6 Å². The summed E-state index contributed by atoms with van der Waals surface area (Å²) in [5.74, 6) is 1.51. The molecule has 30 heavy (non-hydrogen) atoms. The van der Waals surface area contributed by atoms with Gasteiger partial charge in [-0.1, -0.05) is 25.1 Å². The Hall–Kier alpha value is -3.02. The van der Waals surface area contributed by atoms with Crippen LogP contribution < -0.4 is 10.1 Å². The van der Waals surface area contributed by atoms with Crippen LogP contribution in [0.5, 0.6) is 5.75 Å². The van der Waals surface area contributed by atoms with Crippen LogP contribution in [0.2, 0.25) is 0 Å². The van der Waals surface area contributed by atoms with Gasteiger partial charge in [-0.05, 0) is 56.9 Å². The van der Waals surface area contributed by atoms with Gasteiger partial charge in [-0.3, -0.25) is 9.36 Å². The Balaban J connectivity index is 1.75. The van der Waals surface area contributed by atoms with Gasteiger partial charge < -0.3 is 14.8 Å². The topological polar surface area (TPSA) is 65.4 Å². The van der Waals surface area contributed by atoms with E-state index in [9.17, 15) is 4.79 Å². The Labute approximate surface area is 178 Å². The number of nitrogens with zero attached hydrogens (tertiary/aromatic N) is 2. The second kappa shape index (κ2) is 10.7. The van der Waals surface area contributed by atoms with E-state index >= 15 is 0 Å². The third-order valence-corrected chi connectivity index (χ3v) is 5.15. The number of carbonyl (C=O) groups excluding carboxylic acids is 1. The largest absolute Gasteiger partial charge is 0.494 e. The Kier molecular flexibility index (Phi) is 7.71. The number of hydrogen-bond acceptors (Lipinski definition) is 5. The summed E-state index contributed by atoms with van der Waals surface area (Å²) < 4.78 is 12.8. The molecule has 0 amide bonds. The summed E-state index contributed by atoms with van der Waals surface area (Å²) in [6.07, 6.45) is 4.13. The number of rotatable bonds is 11. The fourth-order valence-electron chi connectivity index (χ4n) is 3.24. The zero-order valence-electron chi connectivity index (χ0n) is 18.1. The van der Waals surface area contributed by atoms with Crippen LogP contribution in [0.4, 0.5) is 5.95 Å². The summed E-state index contributed by atoms with van der Waals surface area (Å²) in [5, 5.41) is 3.52. The first kappa shape index (κ1) is 21.7. The molecule has 0 saturated carbocycles. The van der Waals surface area contributed by atoms with Crippen LogP contribution in [0.25, 0.3) is 16.7 Å². The number of unbranched alkanes of at least 4 members (excludes halogenated alkanes) is 2. The van der Waals surface area contributed by atoms with E-state index < -0.39 is 0 Å². The van der Waals surface area contributed by atoms with Gasteiger partial charge in [-0.25, -0.2) is 4.98 Å². The molecule has 0 saturated heterocycles. The van der Waals surface area contributed by atoms with Gasteiger partial charge in [0, 0.05) is 24.2 Å². The molecule has 0 radical (unpaired) electrons. The van der Waals surface area contributed by atoms with Crippen LogP contribution in [0.3, 0.4) is 0 Å². The lowest BCUT2D eigenvalue weighted by Gasteiger charge is -2.15. The van der Waals surface area contributed by atoms with Gasteiger partial charge in [0.15, 0.2) is 0 Å². The molecule has 0 aliphatic carbocycles. The summed E-state index contributed by atoms with van der Waals surface area (Å²) in [4.78, 5) is 16.0. The Morgan fingerprint density at radius 1 is 1.13 bits per heavy atom. The van der Waals surface area contributed by atoms with Crippen molar-refractivity contribution in [3.8, 4) is 11.4 Å². The van der Waals surface area contributed by atoms with Crippen LogP contribution in [-0.4, -0.2) is 35.3 Å². The standard InChI is InChI=1S/C24H31N3O3/c1-4-18(2)25-24-26-21-15-14-20(30-16-10-6-9-13-23(28)29-3)17-22(21)27(24)19-11-7-5-8-12-19/h5,7-8,11-12,14-15,17-18H,4,6,9-10,13,16H2,1-3H3,(H,25,26). The first-order valence-corrected chi connectivity index (χ1v) is 10.7. The summed E-state index contributed by atoms with van der Waals surface area (Å²) >= 11 is 0. The Bertz CT molecular complexity index is 953. The maximum absolute atomic E-state index is 11.2. The Morgan fingerprint density at radius 3 is 2.67 bits per heavy atom. The third kappa shape index (κ3) is 5.53. The molecule has 6 nitrogen and oxygen atoms in total. The number of imidazole rings is 1. The van der Waals surface area contributed by atoms with Crippen LogP contribution in [0.1, 0.15) is 46.0 Å². The average molecular weight is 410 g/mol. The van der Waals surface area contributed by atoms with Gasteiger partial charge in [0.2, 0.25) is 5.95 Å². The lowest BCUT2D eigenvalue weighted by Crippen LogP contribution is -2.16. The van der Waals surface area contributed by atoms with Gasteiger partial charge in [-0.2, -0.15) is 0 Å². The van der Waals surface area contributed by atoms with E-state index in [4.69, 9.17) is 9.72 Å². The molecule has 6 heteroatoms. The van der Waals surface area contributed by atoms with Crippen LogP contribution in [0.15, 0.2) is 48.5 Å². The fraction of sp³-hybridized carbons (Fsp3) is 0.417. The Morgan fingerprint density at radius 2 is 1.93 bits per heavy atom. The normalized spacial score (nSPS) is 12.0. The number of nitrogens with one attached hydrogen (secondary N) is 1. The second-order valence-corrected chi connectivity index (χ2v) is 7.45. The SMILES string of the molecule is CCC(C)Nc1nc2ccc(OCCCCCC(=O)OC)cc2n1-c1ccccc1. The molecule has 160 valence electrons. The molecular formula is C24H31N3O3. The highest BCUT2D eigenvalue weighted by atomic mass is 16.5. The van der Waals surface area contributed by atoms with E-state index in [1.165, 1.54) is 7.11 Å². The maximum atomic E-state index is 11.2. The number of methoxy groups -OCH3 is 1. The molecular weight excluding hydrogens is 378 g/mol. The number of carbonyl (C=O) groups is 1. The minimum atomic E-state index is -0.155. The van der Waals surface area contributed by atoms with Crippen LogP contribution in [-0.2, 0) is 9.53 Å². The number of ether oxygens (including phenoxy) is 2. The first-order valence-electron chi connectivity index (χ1n) is 10.7. The number of esters is 1. The van der Waals surface area contributed by atoms with E-state index in [1.54, 1.807) is 0 Å². The molecule has 0 aliphatic rings. The third-order valence-electron chi connectivity index (χ3n) is 5.15. The van der Waals surface area contributed by atoms with Gasteiger partial charge in [0.25, 0.3) is 0 Å². The van der Waals surface area contributed by atoms with E-state index in [0.717, 1.165) is 54.1 Å². The summed E-state index contributed by atoms with van der Waals surface area (Å²) in [6.45, 7) is 4.93. The molecule has 1 aromatic heterocycles. The summed E-state index contributed by atoms with van der Waals surface area (Å²) in [7, 11) is 1.42. The highest BCUT2D eigenvalue weighted by Crippen LogP contribution is 2.28. The van der Waals surface area contributed by atoms with E-state index in [0.29, 0.717) is 19.1 Å². The molecule has 0 aliphatic heterocycles. The van der Waals surface area contributed by atoms with Crippen LogP contribution in [0, 0.1) is 0 Å². The highest BCUT2D eigenvalue weighted by Gasteiger charge is 2.14. The monoisotopic (exact) mass is 409 g/mol. The number of hydrogen-bond donors (Lipinski definition) is 1. The zero-order valence-corrected chi connectivity index (χ0v) is 18.1. The predicted molar refractivity (Wildman–Crippen MR) is 120 cm³/mol. The van der Waals surface area contributed by atoms with Crippen molar-refractivity contribution in [2.75, 3.05) is 19.0 Å². The molecule has 1 heterocycles. The molecule has 1 unspecified atom stereocenters. The highest BCUT2D eigenvalue weighted by molar-refractivity contribution is 5.82. The van der Waals surface area contributed by atoms with Crippen molar-refractivity contribution < 1.29 is 14.3 Å². The van der Waals surface area contributed by atoms with Crippen molar-refractivity contribution in [3.05, 3.63) is 48.5 Å². The number of para-hydroxylation sites is 1. The summed E-state index contributed by atoms with van der Waals surface area (Å²) in [5.41, 5.74) is 3.00. The van der Waals surface area contributed by atoms with Gasteiger partial charge in [-0.15, -0.1) is 0 Å². The molecule has 2 aromatic carbocycles. The number of anilines is 1. The molecule has 0 spiro atoms. The van der Waals surface area contributed by atoms with Gasteiger partial charge in [0.05, 0.1) is 24.8 Å². The lowest BCUT2D eigenvalue weighted by molar-refractivity contribution is -0.140. The number of benzene rings is 2. The smallest absolute Gasteiger partial charge is 0.305 e. The molecule has 3 aromatic rings. The van der Waals surface area contributed by atoms with Crippen molar-refractivity contribution in [2.45, 2.75) is 52.0 Å². The number of aromatic nitrogens is 2. The van der Waals surface area contributed by atoms with Crippen molar-refractivity contribution in [1.29, 1.82) is 0 Å². The zero-order chi connectivity index (χ0) is 21.3. The molecule has 0 bridgehead atoms. The molecule has 0 fully saturated rings. The van der Waals surface area contributed by atoms with Gasteiger partial charge >= 0.3 is 5.97 Å². The average Bonchev–Trinajstić information content (AvgIpc) is 3.13. The minimum absolute atomic E-state index is 0.155. The maximum Gasteiger partial charge on any atom is 0.305 e. The number of fused-ring (bicyclic) bond motifs is 1. The van der Waals surface area contributed by atoms with Crippen molar-refractivity contribution in [1.82, 2.24) is 9.55 Å². The van der Waals surface area contributed by atoms with Crippen LogP contribution >= 0.6 is 0 Å².